The molecule has 0 bridgehead atoms. The van der Waals surface area contributed by atoms with Gasteiger partial charge >= 0.3 is 0 Å². The maximum Gasteiger partial charge on any atom is 0.156 e. The van der Waals surface area contributed by atoms with Gasteiger partial charge in [-0.1, -0.05) is 12.1 Å². The third-order valence-electron chi connectivity index (χ3n) is 4.05. The van der Waals surface area contributed by atoms with Crippen molar-refractivity contribution in [2.45, 2.75) is 6.92 Å². The van der Waals surface area contributed by atoms with Crippen molar-refractivity contribution < 1.29 is 5.11 Å². The Bertz CT molecular complexity index is 1090. The highest BCUT2D eigenvalue weighted by Gasteiger charge is 2.15. The number of phenolic OH excluding ortho intramolecular Hbond substituents is 1. The zero-order valence-corrected chi connectivity index (χ0v) is 12.5. The summed E-state index contributed by atoms with van der Waals surface area (Å²) in [5.74, 6) is 0.228. The molecule has 110 valence electrons. The molecular formula is C19H13N3O. The van der Waals surface area contributed by atoms with E-state index in [1.807, 2.05) is 53.8 Å². The summed E-state index contributed by atoms with van der Waals surface area (Å²) in [4.78, 5) is 4.64. The number of hydrogen-bond acceptors (Lipinski definition) is 3. The van der Waals surface area contributed by atoms with Crippen LogP contribution in [0.4, 0.5) is 0 Å². The molecule has 2 aromatic heterocycles. The van der Waals surface area contributed by atoms with Crippen LogP contribution in [0.1, 0.15) is 11.1 Å². The first-order valence-corrected chi connectivity index (χ1v) is 7.29. The Labute approximate surface area is 132 Å². The van der Waals surface area contributed by atoms with Crippen LogP contribution >= 0.6 is 0 Å². The van der Waals surface area contributed by atoms with Gasteiger partial charge in [-0.15, -0.1) is 0 Å². The fourth-order valence-electron chi connectivity index (χ4n) is 2.94. The first-order chi connectivity index (χ1) is 11.2. The second-order valence-corrected chi connectivity index (χ2v) is 5.51. The van der Waals surface area contributed by atoms with Gasteiger partial charge in [0, 0.05) is 0 Å². The van der Waals surface area contributed by atoms with Crippen molar-refractivity contribution in [3.8, 4) is 23.1 Å². The van der Waals surface area contributed by atoms with Crippen molar-refractivity contribution in [3.63, 3.8) is 0 Å². The number of nitriles is 1. The van der Waals surface area contributed by atoms with Gasteiger partial charge in [0.1, 0.15) is 11.8 Å². The fourth-order valence-corrected chi connectivity index (χ4v) is 2.94. The molecule has 0 saturated carbocycles. The van der Waals surface area contributed by atoms with Crippen molar-refractivity contribution >= 4 is 16.7 Å². The van der Waals surface area contributed by atoms with Crippen molar-refractivity contribution in [1.82, 2.24) is 9.38 Å². The Balaban J connectivity index is 2.20. The third-order valence-corrected chi connectivity index (χ3v) is 4.05. The number of aromatic hydroxyl groups is 1. The molecule has 0 unspecified atom stereocenters. The van der Waals surface area contributed by atoms with Gasteiger partial charge in [-0.25, -0.2) is 4.98 Å². The van der Waals surface area contributed by atoms with E-state index in [1.165, 1.54) is 0 Å². The molecule has 0 fully saturated rings. The molecule has 2 heterocycles. The highest BCUT2D eigenvalue weighted by atomic mass is 16.3. The summed E-state index contributed by atoms with van der Waals surface area (Å²) in [5, 5.41) is 19.0. The van der Waals surface area contributed by atoms with E-state index in [1.54, 1.807) is 12.1 Å². The zero-order chi connectivity index (χ0) is 16.0. The van der Waals surface area contributed by atoms with E-state index in [0.717, 1.165) is 27.9 Å². The second kappa shape index (κ2) is 4.85. The van der Waals surface area contributed by atoms with Gasteiger partial charge in [0.2, 0.25) is 0 Å². The minimum atomic E-state index is 0.228. The van der Waals surface area contributed by atoms with Crippen molar-refractivity contribution in [2.24, 2.45) is 0 Å². The summed E-state index contributed by atoms with van der Waals surface area (Å²) in [6.07, 6.45) is 0. The van der Waals surface area contributed by atoms with Crippen molar-refractivity contribution in [2.75, 3.05) is 0 Å². The van der Waals surface area contributed by atoms with E-state index in [0.29, 0.717) is 11.2 Å². The molecule has 0 atom stereocenters. The Morgan fingerprint density at radius 2 is 1.83 bits per heavy atom. The smallest absolute Gasteiger partial charge is 0.156 e. The highest BCUT2D eigenvalue weighted by Crippen LogP contribution is 2.30. The van der Waals surface area contributed by atoms with Gasteiger partial charge in [0.05, 0.1) is 22.3 Å². The van der Waals surface area contributed by atoms with Crippen LogP contribution in [0, 0.1) is 18.3 Å². The highest BCUT2D eigenvalue weighted by molar-refractivity contribution is 5.86. The van der Waals surface area contributed by atoms with E-state index < -0.39 is 0 Å². The molecule has 0 radical (unpaired) electrons. The predicted molar refractivity (Wildman–Crippen MR) is 89.3 cm³/mol. The first-order valence-electron chi connectivity index (χ1n) is 7.29. The molecule has 4 rings (SSSR count). The lowest BCUT2D eigenvalue weighted by atomic mass is 10.1. The largest absolute Gasteiger partial charge is 0.508 e. The molecular weight excluding hydrogens is 286 g/mol. The molecule has 0 amide bonds. The average molecular weight is 299 g/mol. The Hall–Kier alpha value is -3.32. The predicted octanol–water partition coefficient (Wildman–Crippen LogP) is 4.04. The fraction of sp³-hybridized carbons (Fsp3) is 0.0526. The monoisotopic (exact) mass is 299 g/mol. The number of pyridine rings is 1. The average Bonchev–Trinajstić information content (AvgIpc) is 2.94. The number of rotatable bonds is 1. The van der Waals surface area contributed by atoms with E-state index in [2.05, 4.69) is 11.1 Å². The summed E-state index contributed by atoms with van der Waals surface area (Å²) in [6.45, 7) is 1.92. The molecule has 1 N–H and O–H groups in total. The summed E-state index contributed by atoms with van der Waals surface area (Å²) in [5.41, 5.74) is 5.87. The Morgan fingerprint density at radius 1 is 1.09 bits per heavy atom. The molecule has 2 aromatic carbocycles. The summed E-state index contributed by atoms with van der Waals surface area (Å²) < 4.78 is 2.01. The zero-order valence-electron chi connectivity index (χ0n) is 12.5. The lowest BCUT2D eigenvalue weighted by Gasteiger charge is -2.10. The van der Waals surface area contributed by atoms with Crippen LogP contribution in [0.25, 0.3) is 27.9 Å². The van der Waals surface area contributed by atoms with Crippen molar-refractivity contribution in [3.05, 3.63) is 65.7 Å². The number of para-hydroxylation sites is 2. The maximum atomic E-state index is 9.52. The number of fused-ring (bicyclic) bond motifs is 3. The minimum absolute atomic E-state index is 0.228. The Kier molecular flexibility index (Phi) is 2.82. The van der Waals surface area contributed by atoms with E-state index in [-0.39, 0.29) is 5.75 Å². The normalized spacial score (nSPS) is 11.0. The van der Waals surface area contributed by atoms with E-state index >= 15 is 0 Å². The molecule has 4 aromatic rings. The second-order valence-electron chi connectivity index (χ2n) is 5.51. The first kappa shape index (κ1) is 13.4. The molecule has 0 aliphatic rings. The summed E-state index contributed by atoms with van der Waals surface area (Å²) >= 11 is 0. The van der Waals surface area contributed by atoms with Gasteiger partial charge in [-0.3, -0.25) is 4.40 Å². The number of aromatic nitrogens is 2. The van der Waals surface area contributed by atoms with Crippen LogP contribution in [-0.4, -0.2) is 14.5 Å². The summed E-state index contributed by atoms with van der Waals surface area (Å²) in [7, 11) is 0. The van der Waals surface area contributed by atoms with Crippen LogP contribution in [0.3, 0.4) is 0 Å². The maximum absolute atomic E-state index is 9.52. The molecule has 23 heavy (non-hydrogen) atoms. The Morgan fingerprint density at radius 3 is 2.57 bits per heavy atom. The number of hydrogen-bond donors (Lipinski definition) is 1. The van der Waals surface area contributed by atoms with E-state index in [9.17, 15) is 10.4 Å². The lowest BCUT2D eigenvalue weighted by molar-refractivity contribution is 0.475. The van der Waals surface area contributed by atoms with Crippen LogP contribution < -0.4 is 0 Å². The van der Waals surface area contributed by atoms with Gasteiger partial charge in [0.15, 0.2) is 5.65 Å². The van der Waals surface area contributed by atoms with E-state index in [4.69, 9.17) is 0 Å². The van der Waals surface area contributed by atoms with Crippen LogP contribution in [-0.2, 0) is 0 Å². The molecule has 0 spiro atoms. The number of nitrogens with zero attached hydrogens (tertiary/aromatic N) is 3. The molecule has 4 nitrogen and oxygen atoms in total. The molecule has 0 aliphatic heterocycles. The molecule has 0 aliphatic carbocycles. The quantitative estimate of drug-likeness (QED) is 0.577. The number of benzene rings is 2. The van der Waals surface area contributed by atoms with Crippen molar-refractivity contribution in [1.29, 1.82) is 5.26 Å². The van der Waals surface area contributed by atoms with Gasteiger partial charge in [-0.2, -0.15) is 5.26 Å². The van der Waals surface area contributed by atoms with Crippen LogP contribution in [0.15, 0.2) is 54.6 Å². The lowest BCUT2D eigenvalue weighted by Crippen LogP contribution is -1.97. The number of aryl methyl sites for hydroxylation is 1. The van der Waals surface area contributed by atoms with Crippen LogP contribution in [0.5, 0.6) is 5.75 Å². The minimum Gasteiger partial charge on any atom is -0.508 e. The standard InChI is InChI=1S/C19H13N3O/c1-12-10-18(13-6-8-14(23)9-7-13)22-17-5-3-2-4-16(17)21-19(22)15(12)11-20/h2-10,23H,1H3. The molecule has 0 saturated heterocycles. The number of phenols is 1. The molecule has 4 heteroatoms. The number of imidazole rings is 1. The summed E-state index contributed by atoms with van der Waals surface area (Å²) in [6, 6.07) is 19.1. The third kappa shape index (κ3) is 1.95. The topological polar surface area (TPSA) is 61.3 Å². The van der Waals surface area contributed by atoms with Crippen LogP contribution in [0.2, 0.25) is 0 Å². The van der Waals surface area contributed by atoms with Gasteiger partial charge < -0.3 is 5.11 Å². The van der Waals surface area contributed by atoms with Gasteiger partial charge in [0.25, 0.3) is 0 Å². The SMILES string of the molecule is Cc1cc(-c2ccc(O)cc2)n2c(nc3ccccc32)c1C#N. The van der Waals surface area contributed by atoms with Gasteiger partial charge in [-0.05, 0) is 60.5 Å².